The van der Waals surface area contributed by atoms with Crippen molar-refractivity contribution < 1.29 is 0 Å². The summed E-state index contributed by atoms with van der Waals surface area (Å²) in [6.45, 7) is 1.98. The maximum absolute atomic E-state index is 6.29. The summed E-state index contributed by atoms with van der Waals surface area (Å²) in [6.07, 6.45) is 2.60. The zero-order valence-electron chi connectivity index (χ0n) is 9.70. The van der Waals surface area contributed by atoms with Gasteiger partial charge in [0.05, 0.1) is 0 Å². The largest absolute Gasteiger partial charge is 0.328 e. The number of rotatable bonds is 3. The fourth-order valence-electron chi connectivity index (χ4n) is 1.69. The van der Waals surface area contributed by atoms with Gasteiger partial charge in [0, 0.05) is 16.8 Å². The van der Waals surface area contributed by atoms with Gasteiger partial charge in [-0.25, -0.2) is 4.98 Å². The molecule has 0 aliphatic carbocycles. The van der Waals surface area contributed by atoms with E-state index in [9.17, 15) is 0 Å². The molecule has 1 atom stereocenters. The summed E-state index contributed by atoms with van der Waals surface area (Å²) in [5.41, 5.74) is 7.90. The van der Waals surface area contributed by atoms with Gasteiger partial charge in [0.1, 0.15) is 13.7 Å². The van der Waals surface area contributed by atoms with Gasteiger partial charge >= 0.3 is 0 Å². The number of imidazole rings is 1. The summed E-state index contributed by atoms with van der Waals surface area (Å²) in [7, 11) is 0. The molecule has 0 spiro atoms. The number of nitrogens with zero attached hydrogens (tertiary/aromatic N) is 2. The smallest absolute Gasteiger partial charge is 0.133 e. The molecule has 0 amide bonds. The van der Waals surface area contributed by atoms with E-state index in [1.807, 2.05) is 29.7 Å². The van der Waals surface area contributed by atoms with Crippen molar-refractivity contribution in [1.29, 1.82) is 0 Å². The Kier molecular flexibility index (Phi) is 4.90. The first kappa shape index (κ1) is 14.5. The highest BCUT2D eigenvalue weighted by Gasteiger charge is 2.09. The molecule has 0 aliphatic rings. The molecule has 2 rings (SSSR count). The summed E-state index contributed by atoms with van der Waals surface area (Å²) < 4.78 is 4.09. The van der Waals surface area contributed by atoms with E-state index in [0.717, 1.165) is 30.1 Å². The van der Waals surface area contributed by atoms with Crippen molar-refractivity contribution in [3.8, 4) is 5.69 Å². The van der Waals surface area contributed by atoms with Crippen LogP contribution >= 0.6 is 56.8 Å². The summed E-state index contributed by atoms with van der Waals surface area (Å²) in [5.74, 6) is 0. The van der Waals surface area contributed by atoms with Gasteiger partial charge in [-0.1, -0.05) is 17.7 Å². The molecular weight excluding hydrogens is 475 g/mol. The van der Waals surface area contributed by atoms with E-state index in [2.05, 4.69) is 50.2 Å². The van der Waals surface area contributed by atoms with E-state index < -0.39 is 0 Å². The van der Waals surface area contributed by atoms with Crippen LogP contribution in [0.15, 0.2) is 24.5 Å². The number of benzene rings is 1. The fourth-order valence-corrected chi connectivity index (χ4v) is 2.87. The molecule has 2 N–H and O–H groups in total. The molecule has 0 saturated carbocycles. The third kappa shape index (κ3) is 3.17. The predicted molar refractivity (Wildman–Crippen MR) is 91.4 cm³/mol. The Morgan fingerprint density at radius 1 is 1.44 bits per heavy atom. The van der Waals surface area contributed by atoms with Crippen LogP contribution in [-0.2, 0) is 6.42 Å². The topological polar surface area (TPSA) is 43.8 Å². The van der Waals surface area contributed by atoms with Gasteiger partial charge in [-0.2, -0.15) is 0 Å². The highest BCUT2D eigenvalue weighted by Crippen LogP contribution is 2.24. The van der Waals surface area contributed by atoms with Crippen LogP contribution in [-0.4, -0.2) is 15.6 Å². The average Bonchev–Trinajstić information content (AvgIpc) is 2.62. The second kappa shape index (κ2) is 6.06. The molecule has 0 fully saturated rings. The van der Waals surface area contributed by atoms with Gasteiger partial charge in [-0.05, 0) is 76.2 Å². The van der Waals surface area contributed by atoms with Gasteiger partial charge in [-0.15, -0.1) is 0 Å². The zero-order chi connectivity index (χ0) is 13.3. The van der Waals surface area contributed by atoms with Gasteiger partial charge in [0.15, 0.2) is 0 Å². The number of halogens is 3. The number of hydrogen-bond donors (Lipinski definition) is 1. The van der Waals surface area contributed by atoms with Crippen molar-refractivity contribution in [3.63, 3.8) is 0 Å². The van der Waals surface area contributed by atoms with Crippen molar-refractivity contribution in [1.82, 2.24) is 9.55 Å². The molecule has 0 saturated heterocycles. The van der Waals surface area contributed by atoms with Crippen LogP contribution in [0.1, 0.15) is 12.5 Å². The minimum Gasteiger partial charge on any atom is -0.328 e. The predicted octanol–water partition coefficient (Wildman–Crippen LogP) is 3.62. The van der Waals surface area contributed by atoms with Crippen molar-refractivity contribution >= 4 is 56.8 Å². The molecule has 3 nitrogen and oxygen atoms in total. The SMILES string of the molecule is CC(N)Cc1ccc(-n2cnc(I)c2I)cc1Cl. The van der Waals surface area contributed by atoms with E-state index in [0.29, 0.717) is 0 Å². The van der Waals surface area contributed by atoms with Crippen LogP contribution in [0, 0.1) is 7.40 Å². The third-order valence-electron chi connectivity index (χ3n) is 2.52. The lowest BCUT2D eigenvalue weighted by Gasteiger charge is -2.10. The molecule has 1 heterocycles. The Morgan fingerprint density at radius 2 is 2.17 bits per heavy atom. The van der Waals surface area contributed by atoms with Crippen LogP contribution < -0.4 is 5.73 Å². The fraction of sp³-hybridized carbons (Fsp3) is 0.250. The Bertz CT molecular complexity index is 566. The molecule has 0 bridgehead atoms. The highest BCUT2D eigenvalue weighted by molar-refractivity contribution is 14.1. The Hall–Kier alpha value is 0.140. The first-order chi connectivity index (χ1) is 8.49. The average molecular weight is 488 g/mol. The van der Waals surface area contributed by atoms with Crippen molar-refractivity contribution in [3.05, 3.63) is 42.5 Å². The van der Waals surface area contributed by atoms with Crippen LogP contribution in [0.25, 0.3) is 5.69 Å². The van der Waals surface area contributed by atoms with Gasteiger partial charge < -0.3 is 5.73 Å². The lowest BCUT2D eigenvalue weighted by Crippen LogP contribution is -2.18. The number of hydrogen-bond acceptors (Lipinski definition) is 2. The van der Waals surface area contributed by atoms with Crippen LogP contribution in [0.2, 0.25) is 5.02 Å². The summed E-state index contributed by atoms with van der Waals surface area (Å²) in [6, 6.07) is 6.15. The van der Waals surface area contributed by atoms with E-state index in [-0.39, 0.29) is 6.04 Å². The molecule has 1 aromatic heterocycles. The summed E-state index contributed by atoms with van der Waals surface area (Å²) in [5, 5.41) is 0.754. The maximum atomic E-state index is 6.29. The van der Waals surface area contributed by atoms with Gasteiger partial charge in [0.2, 0.25) is 0 Å². The van der Waals surface area contributed by atoms with Crippen molar-refractivity contribution in [2.45, 2.75) is 19.4 Å². The summed E-state index contributed by atoms with van der Waals surface area (Å²) in [4.78, 5) is 4.27. The summed E-state index contributed by atoms with van der Waals surface area (Å²) >= 11 is 10.8. The third-order valence-corrected chi connectivity index (χ3v) is 5.73. The monoisotopic (exact) mass is 487 g/mol. The Morgan fingerprint density at radius 3 is 2.67 bits per heavy atom. The zero-order valence-corrected chi connectivity index (χ0v) is 14.8. The molecule has 6 heteroatoms. The Balaban J connectivity index is 2.37. The molecule has 96 valence electrons. The first-order valence-corrected chi connectivity index (χ1v) is 7.95. The van der Waals surface area contributed by atoms with Crippen molar-refractivity contribution in [2.24, 2.45) is 5.73 Å². The van der Waals surface area contributed by atoms with E-state index in [1.54, 1.807) is 6.33 Å². The van der Waals surface area contributed by atoms with Crippen LogP contribution in [0.5, 0.6) is 0 Å². The lowest BCUT2D eigenvalue weighted by atomic mass is 10.1. The molecule has 0 aliphatic heterocycles. The molecule has 0 radical (unpaired) electrons. The normalized spacial score (nSPS) is 12.7. The van der Waals surface area contributed by atoms with Gasteiger partial charge in [0.25, 0.3) is 0 Å². The number of nitrogens with two attached hydrogens (primary N) is 1. The minimum atomic E-state index is 0.114. The molecule has 18 heavy (non-hydrogen) atoms. The first-order valence-electron chi connectivity index (χ1n) is 5.41. The maximum Gasteiger partial charge on any atom is 0.133 e. The molecular formula is C12H12ClI2N3. The molecule has 1 unspecified atom stereocenters. The van der Waals surface area contributed by atoms with Gasteiger partial charge in [-0.3, -0.25) is 4.57 Å². The van der Waals surface area contributed by atoms with Crippen molar-refractivity contribution in [2.75, 3.05) is 0 Å². The lowest BCUT2D eigenvalue weighted by molar-refractivity contribution is 0.738. The highest BCUT2D eigenvalue weighted by atomic mass is 127. The Labute approximate surface area is 138 Å². The van der Waals surface area contributed by atoms with E-state index in [1.165, 1.54) is 0 Å². The van der Waals surface area contributed by atoms with Crippen LogP contribution in [0.4, 0.5) is 0 Å². The quantitative estimate of drug-likeness (QED) is 0.673. The second-order valence-corrected chi connectivity index (χ2v) is 6.60. The molecule has 2 aromatic rings. The second-order valence-electron chi connectivity index (χ2n) is 4.15. The van der Waals surface area contributed by atoms with E-state index in [4.69, 9.17) is 17.3 Å². The molecule has 1 aromatic carbocycles. The van der Waals surface area contributed by atoms with Crippen LogP contribution in [0.3, 0.4) is 0 Å². The van der Waals surface area contributed by atoms with E-state index >= 15 is 0 Å². The standard InChI is InChI=1S/C12H12ClI2N3/c1-7(16)4-8-2-3-9(5-10(8)13)18-6-17-11(14)12(18)15/h2-3,5-7H,4,16H2,1H3. The minimum absolute atomic E-state index is 0.114. The number of aromatic nitrogens is 2.